The first kappa shape index (κ1) is 15.9. The van der Waals surface area contributed by atoms with Gasteiger partial charge in [0.05, 0.1) is 11.1 Å². The Bertz CT molecular complexity index is 823. The normalized spacial score (nSPS) is 33.3. The first-order valence-corrected chi connectivity index (χ1v) is 10.1. The van der Waals surface area contributed by atoms with E-state index >= 15 is 0 Å². The van der Waals surface area contributed by atoms with Crippen molar-refractivity contribution in [3.63, 3.8) is 0 Å². The summed E-state index contributed by atoms with van der Waals surface area (Å²) in [6.07, 6.45) is 8.65. The molecule has 0 saturated heterocycles. The summed E-state index contributed by atoms with van der Waals surface area (Å²) in [6, 6.07) is 2.15. The molecule has 4 aliphatic rings. The number of thiazole rings is 1. The summed E-state index contributed by atoms with van der Waals surface area (Å²) in [5.41, 5.74) is 0.406. The average molecular weight is 361 g/mol. The highest BCUT2D eigenvalue weighted by Gasteiger charge is 2.51. The average Bonchev–Trinajstić information content (AvgIpc) is 2.87. The topological polar surface area (TPSA) is 30.0 Å². The smallest absolute Gasteiger partial charge is 0.153 e. The lowest BCUT2D eigenvalue weighted by molar-refractivity contribution is -0.126. The van der Waals surface area contributed by atoms with E-state index in [1.54, 1.807) is 0 Å². The quantitative estimate of drug-likeness (QED) is 0.740. The van der Waals surface area contributed by atoms with Crippen LogP contribution in [0.1, 0.15) is 50.0 Å². The third-order valence-corrected chi connectivity index (χ3v) is 7.55. The number of rotatable bonds is 4. The van der Waals surface area contributed by atoms with Gasteiger partial charge in [-0.05, 0) is 67.8 Å². The van der Waals surface area contributed by atoms with E-state index in [-0.39, 0.29) is 23.1 Å². The number of aromatic nitrogens is 1. The van der Waals surface area contributed by atoms with Gasteiger partial charge < -0.3 is 0 Å². The first-order chi connectivity index (χ1) is 12.0. The summed E-state index contributed by atoms with van der Waals surface area (Å²) in [5.74, 6) is 1.46. The molecule has 0 atom stereocenters. The molecule has 0 amide bonds. The van der Waals surface area contributed by atoms with Crippen molar-refractivity contribution in [2.45, 2.75) is 51.4 Å². The van der Waals surface area contributed by atoms with Gasteiger partial charge in [-0.2, -0.15) is 0 Å². The summed E-state index contributed by atoms with van der Waals surface area (Å²) in [6.45, 7) is 0. The zero-order valence-electron chi connectivity index (χ0n) is 14.1. The predicted molar refractivity (Wildman–Crippen MR) is 93.5 cm³/mol. The minimum absolute atomic E-state index is 0.184. The monoisotopic (exact) mass is 361 g/mol. The molecule has 0 spiro atoms. The van der Waals surface area contributed by atoms with Gasteiger partial charge in [-0.3, -0.25) is 4.79 Å². The molecule has 5 heteroatoms. The Morgan fingerprint density at radius 2 is 1.76 bits per heavy atom. The third-order valence-electron chi connectivity index (χ3n) is 6.54. The minimum Gasteiger partial charge on any atom is -0.299 e. The standard InChI is InChI=1S/C20H21F2NOS/c21-14-4-16(22)19-17(5-14)25-18(23-19)6-15(24)10-20-7-11-1-12(8-20)3-13(2-11)9-20/h4-5,11-13H,1-3,6-10H2. The number of Topliss-reactive ketones (excluding diaryl/α,β-unsaturated/α-hetero) is 1. The number of hydrogen-bond donors (Lipinski definition) is 0. The molecule has 0 aliphatic heterocycles. The van der Waals surface area contributed by atoms with Crippen LogP contribution in [0.15, 0.2) is 12.1 Å². The summed E-state index contributed by atoms with van der Waals surface area (Å²) < 4.78 is 27.6. The zero-order chi connectivity index (χ0) is 17.2. The van der Waals surface area contributed by atoms with Crippen LogP contribution in [0.2, 0.25) is 0 Å². The first-order valence-electron chi connectivity index (χ1n) is 9.24. The summed E-state index contributed by atoms with van der Waals surface area (Å²) in [7, 11) is 0. The molecule has 0 N–H and O–H groups in total. The van der Waals surface area contributed by atoms with E-state index < -0.39 is 11.6 Å². The molecule has 1 aromatic heterocycles. The lowest BCUT2D eigenvalue weighted by Crippen LogP contribution is -2.47. The van der Waals surface area contributed by atoms with Crippen molar-refractivity contribution in [1.82, 2.24) is 4.98 Å². The molecule has 0 radical (unpaired) electrons. The Kier molecular flexibility index (Phi) is 3.53. The number of carbonyl (C=O) groups excluding carboxylic acids is 1. The van der Waals surface area contributed by atoms with Crippen molar-refractivity contribution in [3.05, 3.63) is 28.8 Å². The molecule has 1 aromatic carbocycles. The van der Waals surface area contributed by atoms with Crippen LogP contribution < -0.4 is 0 Å². The molecule has 1 heterocycles. The second-order valence-corrected chi connectivity index (χ2v) is 9.77. The molecule has 6 rings (SSSR count). The van der Waals surface area contributed by atoms with Gasteiger partial charge in [0.1, 0.15) is 22.1 Å². The van der Waals surface area contributed by atoms with Gasteiger partial charge in [0.2, 0.25) is 0 Å². The Morgan fingerprint density at radius 3 is 2.40 bits per heavy atom. The highest BCUT2D eigenvalue weighted by atomic mass is 32.1. The van der Waals surface area contributed by atoms with Crippen molar-refractivity contribution >= 4 is 27.3 Å². The number of fused-ring (bicyclic) bond motifs is 1. The van der Waals surface area contributed by atoms with Gasteiger partial charge in [0.25, 0.3) is 0 Å². The van der Waals surface area contributed by atoms with Crippen molar-refractivity contribution in [2.75, 3.05) is 0 Å². The van der Waals surface area contributed by atoms with Crippen molar-refractivity contribution in [1.29, 1.82) is 0 Å². The Morgan fingerprint density at radius 1 is 1.12 bits per heavy atom. The number of nitrogens with zero attached hydrogens (tertiary/aromatic N) is 1. The van der Waals surface area contributed by atoms with E-state index in [9.17, 15) is 13.6 Å². The van der Waals surface area contributed by atoms with Crippen LogP contribution in [0.25, 0.3) is 10.2 Å². The fraction of sp³-hybridized carbons (Fsp3) is 0.600. The Labute approximate surface area is 149 Å². The van der Waals surface area contributed by atoms with Crippen molar-refractivity contribution < 1.29 is 13.6 Å². The van der Waals surface area contributed by atoms with E-state index in [0.717, 1.165) is 23.8 Å². The number of hydrogen-bond acceptors (Lipinski definition) is 3. The van der Waals surface area contributed by atoms with E-state index in [1.165, 1.54) is 55.9 Å². The van der Waals surface area contributed by atoms with E-state index in [1.807, 2.05) is 0 Å². The van der Waals surface area contributed by atoms with Crippen LogP contribution >= 0.6 is 11.3 Å². The fourth-order valence-corrected chi connectivity index (χ4v) is 7.27. The van der Waals surface area contributed by atoms with Crippen molar-refractivity contribution in [3.8, 4) is 0 Å². The van der Waals surface area contributed by atoms with E-state index in [0.29, 0.717) is 16.1 Å². The molecule has 0 unspecified atom stereocenters. The van der Waals surface area contributed by atoms with Gasteiger partial charge >= 0.3 is 0 Å². The molecular weight excluding hydrogens is 340 g/mol. The van der Waals surface area contributed by atoms with Crippen LogP contribution in [-0.4, -0.2) is 10.8 Å². The fourth-order valence-electron chi connectivity index (χ4n) is 6.23. The lowest BCUT2D eigenvalue weighted by atomic mass is 9.48. The SMILES string of the molecule is O=C(Cc1nc2c(F)cc(F)cc2s1)CC12CC3CC(CC(C3)C1)C2. The Balaban J connectivity index is 1.33. The number of halogens is 2. The minimum atomic E-state index is -0.647. The molecule has 2 nitrogen and oxygen atoms in total. The maximum atomic E-state index is 13.8. The summed E-state index contributed by atoms with van der Waals surface area (Å²) in [5, 5.41) is 0.606. The largest absolute Gasteiger partial charge is 0.299 e. The Hall–Kier alpha value is -1.36. The van der Waals surface area contributed by atoms with E-state index in [2.05, 4.69) is 4.98 Å². The summed E-state index contributed by atoms with van der Waals surface area (Å²) in [4.78, 5) is 17.0. The second-order valence-electron chi connectivity index (χ2n) is 8.65. The molecule has 2 aromatic rings. The molecule has 25 heavy (non-hydrogen) atoms. The van der Waals surface area contributed by atoms with Crippen LogP contribution in [0.5, 0.6) is 0 Å². The van der Waals surface area contributed by atoms with Crippen LogP contribution in [0.3, 0.4) is 0 Å². The molecule has 4 bridgehead atoms. The number of ketones is 1. The highest BCUT2D eigenvalue weighted by Crippen LogP contribution is 2.61. The van der Waals surface area contributed by atoms with Gasteiger partial charge in [-0.25, -0.2) is 13.8 Å². The number of benzene rings is 1. The van der Waals surface area contributed by atoms with Gasteiger partial charge in [-0.15, -0.1) is 11.3 Å². The summed E-state index contributed by atoms with van der Waals surface area (Å²) >= 11 is 1.23. The highest BCUT2D eigenvalue weighted by molar-refractivity contribution is 7.18. The van der Waals surface area contributed by atoms with Gasteiger partial charge in [0, 0.05) is 12.5 Å². The molecule has 4 fully saturated rings. The maximum absolute atomic E-state index is 13.8. The molecular formula is C20H21F2NOS. The predicted octanol–water partition coefficient (Wildman–Crippen LogP) is 5.29. The van der Waals surface area contributed by atoms with Crippen LogP contribution in [-0.2, 0) is 11.2 Å². The van der Waals surface area contributed by atoms with E-state index in [4.69, 9.17) is 0 Å². The lowest BCUT2D eigenvalue weighted by Gasteiger charge is -2.56. The van der Waals surface area contributed by atoms with Crippen LogP contribution in [0.4, 0.5) is 8.78 Å². The van der Waals surface area contributed by atoms with Crippen molar-refractivity contribution in [2.24, 2.45) is 23.2 Å². The van der Waals surface area contributed by atoms with Crippen LogP contribution in [0, 0.1) is 34.8 Å². The third kappa shape index (κ3) is 2.80. The second kappa shape index (κ2) is 5.57. The maximum Gasteiger partial charge on any atom is 0.153 e. The molecule has 4 saturated carbocycles. The molecule has 4 aliphatic carbocycles. The number of carbonyl (C=O) groups is 1. The molecule has 132 valence electrons. The van der Waals surface area contributed by atoms with Gasteiger partial charge in [0.15, 0.2) is 5.82 Å². The zero-order valence-corrected chi connectivity index (χ0v) is 14.9. The van der Waals surface area contributed by atoms with Gasteiger partial charge in [-0.1, -0.05) is 0 Å².